The minimum Gasteiger partial charge on any atom is -0.368 e. The van der Waals surface area contributed by atoms with Crippen molar-refractivity contribution in [3.05, 3.63) is 29.8 Å². The zero-order valence-corrected chi connectivity index (χ0v) is 13.8. The van der Waals surface area contributed by atoms with Crippen LogP contribution in [-0.4, -0.2) is 55.8 Å². The van der Waals surface area contributed by atoms with E-state index >= 15 is 0 Å². The van der Waals surface area contributed by atoms with Gasteiger partial charge in [0.25, 0.3) is 0 Å². The van der Waals surface area contributed by atoms with Gasteiger partial charge >= 0.3 is 6.18 Å². The summed E-state index contributed by atoms with van der Waals surface area (Å²) in [4.78, 5) is 12.7. The van der Waals surface area contributed by atoms with Gasteiger partial charge in [-0.2, -0.15) is 17.5 Å². The van der Waals surface area contributed by atoms with Crippen LogP contribution in [0.25, 0.3) is 0 Å². The zero-order chi connectivity index (χ0) is 18.1. The van der Waals surface area contributed by atoms with Gasteiger partial charge in [0.05, 0.1) is 16.5 Å². The molecule has 6 nitrogen and oxygen atoms in total. The molecular formula is C14H18F3N3O3S. The maximum atomic E-state index is 12.6. The first-order chi connectivity index (χ1) is 11.0. The number of carbonyl (C=O) groups is 1. The van der Waals surface area contributed by atoms with E-state index < -0.39 is 33.7 Å². The average Bonchev–Trinajstić information content (AvgIpc) is 2.53. The van der Waals surface area contributed by atoms with Crippen LogP contribution in [0.1, 0.15) is 12.5 Å². The Kier molecular flexibility index (Phi) is 5.21. The largest absolute Gasteiger partial charge is 0.416 e. The Morgan fingerprint density at radius 2 is 1.62 bits per heavy atom. The van der Waals surface area contributed by atoms with Gasteiger partial charge in [0, 0.05) is 26.2 Å². The molecule has 0 aliphatic carbocycles. The molecule has 0 radical (unpaired) electrons. The number of carbonyl (C=O) groups excluding carboxylic acids is 1. The van der Waals surface area contributed by atoms with Gasteiger partial charge in [-0.1, -0.05) is 0 Å². The lowest BCUT2D eigenvalue weighted by Crippen LogP contribution is -2.54. The number of benzene rings is 1. The normalized spacial score (nSPS) is 19.2. The molecule has 1 aliphatic heterocycles. The van der Waals surface area contributed by atoms with Crippen molar-refractivity contribution >= 4 is 15.9 Å². The third-order valence-electron chi connectivity index (χ3n) is 4.05. The Labute approximate surface area is 138 Å². The second-order valence-electron chi connectivity index (χ2n) is 5.54. The summed E-state index contributed by atoms with van der Waals surface area (Å²) in [6.07, 6.45) is -4.52. The second kappa shape index (κ2) is 6.69. The van der Waals surface area contributed by atoms with Gasteiger partial charge in [0.15, 0.2) is 0 Å². The molecule has 1 amide bonds. The number of sulfonamides is 1. The van der Waals surface area contributed by atoms with Crippen LogP contribution in [0.3, 0.4) is 0 Å². The van der Waals surface area contributed by atoms with Crippen molar-refractivity contribution in [2.45, 2.75) is 24.0 Å². The van der Waals surface area contributed by atoms with E-state index in [0.717, 1.165) is 24.3 Å². The summed E-state index contributed by atoms with van der Waals surface area (Å²) in [5, 5.41) is 0. The summed E-state index contributed by atoms with van der Waals surface area (Å²) in [5.74, 6) is -0.492. The van der Waals surface area contributed by atoms with Gasteiger partial charge in [-0.15, -0.1) is 0 Å². The molecule has 2 N–H and O–H groups in total. The van der Waals surface area contributed by atoms with Crippen LogP contribution in [0.4, 0.5) is 13.2 Å². The summed E-state index contributed by atoms with van der Waals surface area (Å²) in [6, 6.07) is 2.91. The fraction of sp³-hybridized carbons (Fsp3) is 0.500. The Balaban J connectivity index is 2.11. The number of hydrogen-bond acceptors (Lipinski definition) is 4. The van der Waals surface area contributed by atoms with Crippen molar-refractivity contribution in [1.82, 2.24) is 9.21 Å². The van der Waals surface area contributed by atoms with E-state index in [9.17, 15) is 26.4 Å². The average molecular weight is 365 g/mol. The van der Waals surface area contributed by atoms with E-state index in [0.29, 0.717) is 13.1 Å². The molecule has 24 heavy (non-hydrogen) atoms. The van der Waals surface area contributed by atoms with Gasteiger partial charge in [-0.25, -0.2) is 8.42 Å². The smallest absolute Gasteiger partial charge is 0.368 e. The first-order valence-corrected chi connectivity index (χ1v) is 8.68. The molecule has 0 aromatic heterocycles. The van der Waals surface area contributed by atoms with E-state index in [1.54, 1.807) is 11.8 Å². The molecule has 1 fully saturated rings. The highest BCUT2D eigenvalue weighted by Gasteiger charge is 2.33. The highest BCUT2D eigenvalue weighted by Crippen LogP contribution is 2.30. The Bertz CT molecular complexity index is 696. The van der Waals surface area contributed by atoms with E-state index in [-0.39, 0.29) is 18.0 Å². The summed E-state index contributed by atoms with van der Waals surface area (Å²) in [7, 11) is -3.87. The first kappa shape index (κ1) is 18.7. The van der Waals surface area contributed by atoms with Crippen LogP contribution in [0, 0.1) is 0 Å². The highest BCUT2D eigenvalue weighted by atomic mass is 32.2. The maximum absolute atomic E-state index is 12.6. The quantitative estimate of drug-likeness (QED) is 0.859. The molecule has 0 bridgehead atoms. The van der Waals surface area contributed by atoms with Crippen LogP contribution in [0.15, 0.2) is 29.2 Å². The highest BCUT2D eigenvalue weighted by molar-refractivity contribution is 7.89. The molecule has 2 rings (SSSR count). The van der Waals surface area contributed by atoms with Crippen LogP contribution < -0.4 is 5.73 Å². The number of piperazine rings is 1. The summed E-state index contributed by atoms with van der Waals surface area (Å²) >= 11 is 0. The fourth-order valence-corrected chi connectivity index (χ4v) is 3.90. The van der Waals surface area contributed by atoms with Crippen molar-refractivity contribution in [2.75, 3.05) is 26.2 Å². The van der Waals surface area contributed by atoms with Gasteiger partial charge in [0.2, 0.25) is 15.9 Å². The molecule has 134 valence electrons. The van der Waals surface area contributed by atoms with Crippen LogP contribution in [0.5, 0.6) is 0 Å². The Morgan fingerprint density at radius 1 is 1.12 bits per heavy atom. The standard InChI is InChI=1S/C14H18F3N3O3S/c1-10(13(18)21)19-6-8-20(9-7-19)24(22,23)12-4-2-11(3-5-12)14(15,16)17/h2-5,10H,6-9H2,1H3,(H2,18,21)/t10-/m1/s1. The third kappa shape index (κ3) is 3.87. The van der Waals surface area contributed by atoms with E-state index in [4.69, 9.17) is 5.73 Å². The predicted molar refractivity (Wildman–Crippen MR) is 80.4 cm³/mol. The topological polar surface area (TPSA) is 83.7 Å². The Hall–Kier alpha value is -1.65. The summed E-state index contributed by atoms with van der Waals surface area (Å²) < 4.78 is 63.8. The number of halogens is 3. The summed E-state index contributed by atoms with van der Waals surface area (Å²) in [6.45, 7) is 2.57. The van der Waals surface area contributed by atoms with E-state index in [1.165, 1.54) is 4.31 Å². The fourth-order valence-electron chi connectivity index (χ4n) is 2.48. The molecule has 10 heteroatoms. The number of alkyl halides is 3. The molecule has 1 aromatic rings. The third-order valence-corrected chi connectivity index (χ3v) is 5.96. The van der Waals surface area contributed by atoms with Crippen LogP contribution >= 0.6 is 0 Å². The molecule has 1 aliphatic rings. The van der Waals surface area contributed by atoms with Crippen molar-refractivity contribution in [3.8, 4) is 0 Å². The number of hydrogen-bond donors (Lipinski definition) is 1. The van der Waals surface area contributed by atoms with Gasteiger partial charge in [-0.3, -0.25) is 9.69 Å². The lowest BCUT2D eigenvalue weighted by atomic mass is 10.2. The van der Waals surface area contributed by atoms with E-state index in [2.05, 4.69) is 0 Å². The lowest BCUT2D eigenvalue weighted by molar-refractivity contribution is -0.137. The van der Waals surface area contributed by atoms with Gasteiger partial charge in [0.1, 0.15) is 0 Å². The molecule has 1 aromatic carbocycles. The molecule has 0 saturated carbocycles. The van der Waals surface area contributed by atoms with Crippen molar-refractivity contribution in [2.24, 2.45) is 5.73 Å². The van der Waals surface area contributed by atoms with Crippen LogP contribution in [0.2, 0.25) is 0 Å². The number of rotatable bonds is 4. The zero-order valence-electron chi connectivity index (χ0n) is 13.0. The minimum atomic E-state index is -4.52. The minimum absolute atomic E-state index is 0.140. The molecule has 0 spiro atoms. The molecule has 1 heterocycles. The first-order valence-electron chi connectivity index (χ1n) is 7.24. The van der Waals surface area contributed by atoms with Crippen LogP contribution in [-0.2, 0) is 21.0 Å². The maximum Gasteiger partial charge on any atom is 0.416 e. The predicted octanol–water partition coefficient (Wildman–Crippen LogP) is 0.885. The van der Waals surface area contributed by atoms with Crippen molar-refractivity contribution in [3.63, 3.8) is 0 Å². The molecule has 1 saturated heterocycles. The lowest BCUT2D eigenvalue weighted by Gasteiger charge is -2.36. The van der Waals surface area contributed by atoms with E-state index in [1.807, 2.05) is 0 Å². The van der Waals surface area contributed by atoms with Crippen molar-refractivity contribution in [1.29, 1.82) is 0 Å². The number of nitrogens with zero attached hydrogens (tertiary/aromatic N) is 2. The van der Waals surface area contributed by atoms with Crippen molar-refractivity contribution < 1.29 is 26.4 Å². The van der Waals surface area contributed by atoms with Gasteiger partial charge in [-0.05, 0) is 31.2 Å². The second-order valence-corrected chi connectivity index (χ2v) is 7.48. The monoisotopic (exact) mass is 365 g/mol. The SMILES string of the molecule is C[C@H](C(N)=O)N1CCN(S(=O)(=O)c2ccc(C(F)(F)F)cc2)CC1. The molecule has 1 atom stereocenters. The Morgan fingerprint density at radius 3 is 2.04 bits per heavy atom. The molecular weight excluding hydrogens is 347 g/mol. The molecule has 0 unspecified atom stereocenters. The number of amides is 1. The number of nitrogens with two attached hydrogens (primary N) is 1. The summed E-state index contributed by atoms with van der Waals surface area (Å²) in [5.41, 5.74) is 4.32. The number of primary amides is 1. The van der Waals surface area contributed by atoms with Gasteiger partial charge < -0.3 is 5.73 Å².